The molecule has 0 radical (unpaired) electrons. The van der Waals surface area contributed by atoms with Gasteiger partial charge in [-0.3, -0.25) is 10.2 Å². The molecule has 0 aliphatic heterocycles. The zero-order valence-electron chi connectivity index (χ0n) is 5.29. The second kappa shape index (κ2) is 2.72. The van der Waals surface area contributed by atoms with Crippen molar-refractivity contribution < 1.29 is 4.79 Å². The van der Waals surface area contributed by atoms with Crippen molar-refractivity contribution in [2.75, 3.05) is 0 Å². The number of nitrogens with two attached hydrogens (primary N) is 1. The highest BCUT2D eigenvalue weighted by Crippen LogP contribution is 2.07. The Morgan fingerprint density at radius 3 is 2.90 bits per heavy atom. The van der Waals surface area contributed by atoms with Gasteiger partial charge in [-0.1, -0.05) is 4.49 Å². The zero-order valence-corrected chi connectivity index (χ0v) is 6.10. The highest BCUT2D eigenvalue weighted by molar-refractivity contribution is 7.07. The van der Waals surface area contributed by atoms with Gasteiger partial charge in [0.05, 0.1) is 5.69 Å². The molecule has 10 heavy (non-hydrogen) atoms. The van der Waals surface area contributed by atoms with Gasteiger partial charge >= 0.3 is 0 Å². The molecule has 1 heterocycles. The number of nitrogen functional groups attached to an aromatic ring is 1. The Bertz CT molecular complexity index is 245. The van der Waals surface area contributed by atoms with Crippen molar-refractivity contribution in [3.8, 4) is 0 Å². The maximum atomic E-state index is 10.8. The Balaban J connectivity index is 2.93. The third kappa shape index (κ3) is 1.12. The summed E-state index contributed by atoms with van der Waals surface area (Å²) in [5, 5.41) is 3.64. The molecule has 3 N–H and O–H groups in total. The lowest BCUT2D eigenvalue weighted by Gasteiger charge is -1.91. The van der Waals surface area contributed by atoms with E-state index in [-0.39, 0.29) is 5.91 Å². The number of aromatic nitrogens is 2. The second-order valence-corrected chi connectivity index (χ2v) is 2.42. The van der Waals surface area contributed by atoms with Gasteiger partial charge in [-0.15, -0.1) is 5.10 Å². The fourth-order valence-corrected chi connectivity index (χ4v) is 1.06. The van der Waals surface area contributed by atoms with Gasteiger partial charge in [0.25, 0.3) is 5.91 Å². The summed E-state index contributed by atoms with van der Waals surface area (Å²) < 4.78 is 3.57. The summed E-state index contributed by atoms with van der Waals surface area (Å²) >= 11 is 1.03. The molecule has 1 aromatic rings. The number of rotatable bonds is 1. The smallest absolute Gasteiger partial charge is 0.278 e. The molecule has 54 valence electrons. The lowest BCUT2D eigenvalue weighted by molar-refractivity contribution is 0.0957. The molecule has 0 aromatic carbocycles. The number of carbonyl (C=O) groups is 1. The topological polar surface area (TPSA) is 80.9 Å². The molecule has 0 spiro atoms. The maximum Gasteiger partial charge on any atom is 0.278 e. The molecular formula is C4H6N4OS. The molecule has 1 aromatic heterocycles. The summed E-state index contributed by atoms with van der Waals surface area (Å²) in [4.78, 5) is 11.3. The van der Waals surface area contributed by atoms with Crippen molar-refractivity contribution in [3.05, 3.63) is 10.6 Å². The first-order valence-electron chi connectivity index (χ1n) is 2.55. The van der Waals surface area contributed by atoms with Crippen molar-refractivity contribution in [1.29, 1.82) is 0 Å². The van der Waals surface area contributed by atoms with Gasteiger partial charge in [-0.05, 0) is 18.5 Å². The Morgan fingerprint density at radius 1 is 1.80 bits per heavy atom. The molecule has 6 heteroatoms. The normalized spacial score (nSPS) is 9.40. The van der Waals surface area contributed by atoms with E-state index >= 15 is 0 Å². The van der Waals surface area contributed by atoms with Gasteiger partial charge in [-0.25, -0.2) is 5.84 Å². The Hall–Kier alpha value is -1.01. The first-order chi connectivity index (χ1) is 4.75. The van der Waals surface area contributed by atoms with Gasteiger partial charge in [0, 0.05) is 0 Å². The van der Waals surface area contributed by atoms with Gasteiger partial charge in [0.2, 0.25) is 0 Å². The predicted octanol–water partition coefficient (Wildman–Crippen LogP) is -0.550. The van der Waals surface area contributed by atoms with Crippen LogP contribution in [-0.4, -0.2) is 15.5 Å². The zero-order chi connectivity index (χ0) is 7.56. The van der Waals surface area contributed by atoms with Crippen LogP contribution in [0, 0.1) is 6.92 Å². The van der Waals surface area contributed by atoms with E-state index in [0.29, 0.717) is 10.6 Å². The summed E-state index contributed by atoms with van der Waals surface area (Å²) in [6, 6.07) is 0. The molecule has 5 nitrogen and oxygen atoms in total. The Labute approximate surface area is 61.4 Å². The van der Waals surface area contributed by atoms with E-state index in [1.807, 2.05) is 5.43 Å². The largest absolute Gasteiger partial charge is 0.289 e. The summed E-state index contributed by atoms with van der Waals surface area (Å²) in [5.74, 6) is 4.54. The molecule has 0 aliphatic rings. The van der Waals surface area contributed by atoms with Crippen LogP contribution >= 0.6 is 11.5 Å². The molecule has 0 saturated carbocycles. The van der Waals surface area contributed by atoms with E-state index < -0.39 is 0 Å². The lowest BCUT2D eigenvalue weighted by atomic mass is 10.4. The average molecular weight is 158 g/mol. The van der Waals surface area contributed by atoms with E-state index in [9.17, 15) is 4.79 Å². The first-order valence-corrected chi connectivity index (χ1v) is 3.33. The van der Waals surface area contributed by atoms with Crippen LogP contribution < -0.4 is 11.3 Å². The van der Waals surface area contributed by atoms with Crippen LogP contribution in [0.15, 0.2) is 0 Å². The second-order valence-electron chi connectivity index (χ2n) is 1.66. The minimum atomic E-state index is -0.340. The molecule has 0 bridgehead atoms. The summed E-state index contributed by atoms with van der Waals surface area (Å²) in [7, 11) is 0. The number of nitrogens with one attached hydrogen (secondary N) is 1. The number of nitrogens with zero attached hydrogens (tertiary/aromatic N) is 2. The van der Waals surface area contributed by atoms with Crippen LogP contribution in [0.5, 0.6) is 0 Å². The van der Waals surface area contributed by atoms with E-state index in [1.165, 1.54) is 0 Å². The monoisotopic (exact) mass is 158 g/mol. The maximum absolute atomic E-state index is 10.8. The molecule has 0 aliphatic carbocycles. The third-order valence-corrected chi connectivity index (χ3v) is 1.82. The minimum absolute atomic E-state index is 0.340. The van der Waals surface area contributed by atoms with Crippen LogP contribution in [0.3, 0.4) is 0 Å². The van der Waals surface area contributed by atoms with Gasteiger partial charge in [0.15, 0.2) is 0 Å². The first kappa shape index (κ1) is 7.10. The lowest BCUT2D eigenvalue weighted by Crippen LogP contribution is -2.29. The predicted molar refractivity (Wildman–Crippen MR) is 36.3 cm³/mol. The Kier molecular flexibility index (Phi) is 1.93. The summed E-state index contributed by atoms with van der Waals surface area (Å²) in [5.41, 5.74) is 2.60. The number of hydrogen-bond acceptors (Lipinski definition) is 5. The molecule has 0 fully saturated rings. The molecule has 1 rings (SSSR count). The van der Waals surface area contributed by atoms with Crippen LogP contribution in [0.25, 0.3) is 0 Å². The quantitative estimate of drug-likeness (QED) is 0.326. The fraction of sp³-hybridized carbons (Fsp3) is 0.250. The molecule has 0 atom stereocenters. The van der Waals surface area contributed by atoms with Crippen molar-refractivity contribution in [1.82, 2.24) is 15.0 Å². The van der Waals surface area contributed by atoms with Crippen LogP contribution in [0.2, 0.25) is 0 Å². The van der Waals surface area contributed by atoms with E-state index in [1.54, 1.807) is 6.92 Å². The highest BCUT2D eigenvalue weighted by atomic mass is 32.1. The molecule has 0 unspecified atom stereocenters. The number of amides is 1. The third-order valence-electron chi connectivity index (χ3n) is 0.989. The number of hydrazine groups is 1. The van der Waals surface area contributed by atoms with Crippen LogP contribution in [0.4, 0.5) is 0 Å². The number of aryl methyl sites for hydroxylation is 1. The van der Waals surface area contributed by atoms with Crippen molar-refractivity contribution in [2.45, 2.75) is 6.92 Å². The molecule has 1 amide bonds. The number of hydrogen-bond donors (Lipinski definition) is 2. The average Bonchev–Trinajstić information content (AvgIpc) is 2.34. The summed E-state index contributed by atoms with van der Waals surface area (Å²) in [6.45, 7) is 1.70. The molecular weight excluding hydrogens is 152 g/mol. The highest BCUT2D eigenvalue weighted by Gasteiger charge is 2.10. The van der Waals surface area contributed by atoms with Gasteiger partial charge < -0.3 is 0 Å². The SMILES string of the molecule is Cc1nnsc1C(=O)NN. The number of carbonyl (C=O) groups excluding carboxylic acids is 1. The van der Waals surface area contributed by atoms with Gasteiger partial charge in [-0.2, -0.15) is 0 Å². The van der Waals surface area contributed by atoms with Crippen LogP contribution in [0.1, 0.15) is 15.4 Å². The van der Waals surface area contributed by atoms with E-state index in [0.717, 1.165) is 11.5 Å². The molecule has 0 saturated heterocycles. The standard InChI is InChI=1S/C4H6N4OS/c1-2-3(4(9)6-5)10-8-7-2/h5H2,1H3,(H,6,9). The van der Waals surface area contributed by atoms with Crippen molar-refractivity contribution in [3.63, 3.8) is 0 Å². The minimum Gasteiger partial charge on any atom is -0.289 e. The van der Waals surface area contributed by atoms with Crippen molar-refractivity contribution in [2.24, 2.45) is 5.84 Å². The Morgan fingerprint density at radius 2 is 2.50 bits per heavy atom. The van der Waals surface area contributed by atoms with E-state index in [4.69, 9.17) is 5.84 Å². The summed E-state index contributed by atoms with van der Waals surface area (Å²) in [6.07, 6.45) is 0. The fourth-order valence-electron chi connectivity index (χ4n) is 0.505. The van der Waals surface area contributed by atoms with Crippen LogP contribution in [-0.2, 0) is 0 Å². The van der Waals surface area contributed by atoms with E-state index in [2.05, 4.69) is 9.59 Å². The van der Waals surface area contributed by atoms with Crippen molar-refractivity contribution >= 4 is 17.4 Å². The van der Waals surface area contributed by atoms with Gasteiger partial charge in [0.1, 0.15) is 4.88 Å².